The van der Waals surface area contributed by atoms with Gasteiger partial charge in [-0.3, -0.25) is 9.35 Å². The molecule has 0 fully saturated rings. The second kappa shape index (κ2) is 39.7. The molecule has 53 heavy (non-hydrogen) atoms. The molecule has 0 saturated carbocycles. The third kappa shape index (κ3) is 41.1. The van der Waals surface area contributed by atoms with Crippen molar-refractivity contribution in [2.75, 3.05) is 5.75 Å². The van der Waals surface area contributed by atoms with Crippen LogP contribution in [0.3, 0.4) is 0 Å². The molecule has 0 bridgehead atoms. The van der Waals surface area contributed by atoms with E-state index in [1.54, 1.807) is 6.08 Å². The highest BCUT2D eigenvalue weighted by atomic mass is 32.2. The Balaban J connectivity index is 3.97. The fraction of sp³-hybridized carbons (Fsp3) is 0.761. The minimum Gasteiger partial charge on any atom is -0.387 e. The van der Waals surface area contributed by atoms with Crippen LogP contribution < -0.4 is 5.32 Å². The maximum Gasteiger partial charge on any atom is 0.267 e. The Hall–Kier alpha value is -1.96. The first-order valence-electron chi connectivity index (χ1n) is 22.0. The van der Waals surface area contributed by atoms with Gasteiger partial charge < -0.3 is 10.4 Å². The number of aliphatic hydroxyl groups is 1. The number of allylic oxidation sites excluding steroid dienone is 9. The van der Waals surface area contributed by atoms with Crippen LogP contribution in [0.15, 0.2) is 60.8 Å². The SMILES string of the molecule is CCCCC/C=C\C/C=C\CCCCCCCCCCCC(=O)NC(CS(=O)(=O)O)C(O)/C=C/CC/C=C/CC/C=C/CCCCCCCCCCC. The second-order valence-corrected chi connectivity index (χ2v) is 16.4. The Morgan fingerprint density at radius 2 is 0.868 bits per heavy atom. The summed E-state index contributed by atoms with van der Waals surface area (Å²) in [5.41, 5.74) is 0. The summed E-state index contributed by atoms with van der Waals surface area (Å²) >= 11 is 0. The Morgan fingerprint density at radius 1 is 0.509 bits per heavy atom. The second-order valence-electron chi connectivity index (χ2n) is 15.0. The molecule has 0 aromatic heterocycles. The predicted molar refractivity (Wildman–Crippen MR) is 230 cm³/mol. The maximum atomic E-state index is 12.5. The van der Waals surface area contributed by atoms with Crippen LogP contribution >= 0.6 is 0 Å². The van der Waals surface area contributed by atoms with Crippen molar-refractivity contribution >= 4 is 16.0 Å². The Morgan fingerprint density at radius 3 is 1.34 bits per heavy atom. The highest BCUT2D eigenvalue weighted by Gasteiger charge is 2.24. The zero-order valence-electron chi connectivity index (χ0n) is 34.4. The maximum absolute atomic E-state index is 12.5. The molecule has 0 aromatic rings. The monoisotopic (exact) mass is 762 g/mol. The molecule has 0 rings (SSSR count). The van der Waals surface area contributed by atoms with E-state index < -0.39 is 28.0 Å². The van der Waals surface area contributed by atoms with Crippen LogP contribution in [-0.4, -0.2) is 41.9 Å². The van der Waals surface area contributed by atoms with Crippen molar-refractivity contribution in [2.24, 2.45) is 0 Å². The normalized spacial score (nSPS) is 13.8. The molecule has 0 aliphatic heterocycles. The lowest BCUT2D eigenvalue weighted by Gasteiger charge is -2.21. The molecular formula is C46H83NO5S. The summed E-state index contributed by atoms with van der Waals surface area (Å²) in [5.74, 6) is -1.02. The van der Waals surface area contributed by atoms with E-state index in [2.05, 4.69) is 67.8 Å². The van der Waals surface area contributed by atoms with Gasteiger partial charge in [-0.25, -0.2) is 0 Å². The van der Waals surface area contributed by atoms with Crippen LogP contribution in [0.25, 0.3) is 0 Å². The van der Waals surface area contributed by atoms with E-state index in [1.807, 2.05) is 0 Å². The number of hydrogen-bond acceptors (Lipinski definition) is 4. The van der Waals surface area contributed by atoms with Gasteiger partial charge in [0.1, 0.15) is 0 Å². The van der Waals surface area contributed by atoms with Crippen molar-refractivity contribution in [3.63, 3.8) is 0 Å². The van der Waals surface area contributed by atoms with E-state index in [4.69, 9.17) is 0 Å². The predicted octanol–water partition coefficient (Wildman–Crippen LogP) is 13.2. The van der Waals surface area contributed by atoms with Crippen molar-refractivity contribution in [3.05, 3.63) is 60.8 Å². The lowest BCUT2D eigenvalue weighted by atomic mass is 10.1. The number of rotatable bonds is 39. The quantitative estimate of drug-likeness (QED) is 0.0329. The van der Waals surface area contributed by atoms with Crippen molar-refractivity contribution in [3.8, 4) is 0 Å². The third-order valence-corrected chi connectivity index (χ3v) is 10.4. The van der Waals surface area contributed by atoms with Crippen LogP contribution in [-0.2, 0) is 14.9 Å². The first-order chi connectivity index (χ1) is 25.8. The third-order valence-electron chi connectivity index (χ3n) is 9.64. The van der Waals surface area contributed by atoms with E-state index >= 15 is 0 Å². The number of aliphatic hydroxyl groups excluding tert-OH is 1. The molecule has 308 valence electrons. The van der Waals surface area contributed by atoms with Crippen LogP contribution in [0, 0.1) is 0 Å². The lowest BCUT2D eigenvalue weighted by molar-refractivity contribution is -0.122. The van der Waals surface area contributed by atoms with Crippen molar-refractivity contribution in [1.82, 2.24) is 5.32 Å². The van der Waals surface area contributed by atoms with Crippen LogP contribution in [0.2, 0.25) is 0 Å². The minimum absolute atomic E-state index is 0.278. The van der Waals surface area contributed by atoms with Crippen LogP contribution in [0.4, 0.5) is 0 Å². The Bertz CT molecular complexity index is 1060. The average Bonchev–Trinajstić information content (AvgIpc) is 3.12. The smallest absolute Gasteiger partial charge is 0.267 e. The highest BCUT2D eigenvalue weighted by Crippen LogP contribution is 2.13. The van der Waals surface area contributed by atoms with Gasteiger partial charge in [0.05, 0.1) is 17.9 Å². The summed E-state index contributed by atoms with van der Waals surface area (Å²) in [7, 11) is -4.36. The molecular weight excluding hydrogens is 679 g/mol. The number of nitrogens with one attached hydrogen (secondary N) is 1. The van der Waals surface area contributed by atoms with E-state index in [0.717, 1.165) is 51.4 Å². The molecule has 0 heterocycles. The fourth-order valence-electron chi connectivity index (χ4n) is 6.33. The van der Waals surface area contributed by atoms with Gasteiger partial charge in [0, 0.05) is 6.42 Å². The number of hydrogen-bond donors (Lipinski definition) is 3. The molecule has 6 nitrogen and oxygen atoms in total. The van der Waals surface area contributed by atoms with Gasteiger partial charge in [-0.2, -0.15) is 8.42 Å². The topological polar surface area (TPSA) is 104 Å². The highest BCUT2D eigenvalue weighted by molar-refractivity contribution is 7.85. The molecule has 0 aromatic carbocycles. The van der Waals surface area contributed by atoms with E-state index in [0.29, 0.717) is 6.42 Å². The molecule has 0 aliphatic carbocycles. The molecule has 0 aliphatic rings. The van der Waals surface area contributed by atoms with Crippen molar-refractivity contribution in [1.29, 1.82) is 0 Å². The molecule has 2 atom stereocenters. The zero-order valence-corrected chi connectivity index (χ0v) is 35.2. The average molecular weight is 762 g/mol. The molecule has 0 saturated heterocycles. The van der Waals surface area contributed by atoms with E-state index in [1.165, 1.54) is 134 Å². The zero-order chi connectivity index (χ0) is 38.9. The van der Waals surface area contributed by atoms with E-state index in [-0.39, 0.29) is 12.3 Å². The summed E-state index contributed by atoms with van der Waals surface area (Å²) in [6, 6.07) is -1.08. The summed E-state index contributed by atoms with van der Waals surface area (Å²) < 4.78 is 32.5. The van der Waals surface area contributed by atoms with Crippen molar-refractivity contribution < 1.29 is 22.9 Å². The molecule has 1 amide bonds. The lowest BCUT2D eigenvalue weighted by Crippen LogP contribution is -2.46. The van der Waals surface area contributed by atoms with Gasteiger partial charge in [0.2, 0.25) is 5.91 Å². The summed E-state index contributed by atoms with van der Waals surface area (Å²) in [6.07, 6.45) is 54.9. The van der Waals surface area contributed by atoms with Crippen molar-refractivity contribution in [2.45, 2.75) is 219 Å². The number of amides is 1. The molecule has 7 heteroatoms. The standard InChI is InChI=1S/C46H83NO5S/c1-3-5-7-9-11-13-15-17-19-21-23-25-27-29-31-33-35-37-39-41-45(48)44(43-53(50,51)52)47-46(49)42-40-38-36-34-32-30-28-26-24-22-20-18-16-14-12-10-8-6-4-2/h12,14,18,20,23,25,31,33,39,41,44-45,48H,3-11,13,15-17,19,21-22,24,26-30,32,34-38,40,42-43H2,1-2H3,(H,47,49)(H,50,51,52)/b14-12-,20-18-,25-23+,33-31+,41-39+. The van der Waals surface area contributed by atoms with Crippen LogP contribution in [0.5, 0.6) is 0 Å². The molecule has 0 radical (unpaired) electrons. The summed E-state index contributed by atoms with van der Waals surface area (Å²) in [5, 5.41) is 13.2. The first-order valence-corrected chi connectivity index (χ1v) is 23.6. The van der Waals surface area contributed by atoms with Crippen LogP contribution in [0.1, 0.15) is 206 Å². The molecule has 0 spiro atoms. The summed E-state index contributed by atoms with van der Waals surface area (Å²) in [6.45, 7) is 4.50. The number of unbranched alkanes of at least 4 members (excludes halogenated alkanes) is 23. The Kier molecular flexibility index (Phi) is 38.3. The summed E-state index contributed by atoms with van der Waals surface area (Å²) in [4.78, 5) is 12.5. The number of carbonyl (C=O) groups excluding carboxylic acids is 1. The molecule has 2 unspecified atom stereocenters. The van der Waals surface area contributed by atoms with Gasteiger partial charge in [-0.15, -0.1) is 0 Å². The van der Waals surface area contributed by atoms with Gasteiger partial charge in [-0.05, 0) is 77.0 Å². The van der Waals surface area contributed by atoms with Gasteiger partial charge >= 0.3 is 0 Å². The van der Waals surface area contributed by atoms with Gasteiger partial charge in [-0.1, -0.05) is 184 Å². The first kappa shape index (κ1) is 51.0. The molecule has 3 N–H and O–H groups in total. The largest absolute Gasteiger partial charge is 0.387 e. The van der Waals surface area contributed by atoms with E-state index in [9.17, 15) is 22.9 Å². The van der Waals surface area contributed by atoms with Gasteiger partial charge in [0.15, 0.2) is 0 Å². The van der Waals surface area contributed by atoms with Gasteiger partial charge in [0.25, 0.3) is 10.1 Å². The number of carbonyl (C=O) groups is 1. The Labute approximate surface area is 328 Å². The minimum atomic E-state index is -4.36. The fourth-order valence-corrected chi connectivity index (χ4v) is 7.07.